The maximum Gasteiger partial charge on any atom is 0.228 e. The lowest BCUT2D eigenvalue weighted by Gasteiger charge is -2.12. The van der Waals surface area contributed by atoms with Crippen molar-refractivity contribution in [2.75, 3.05) is 11.9 Å². The standard InChI is InChI=1S/C17H18N2O2/c18-7-8-21-13-4-2-1-3-12(13)19-17(20)16-14-10-5-6-11(9-10)15(14)16/h1-4,10-11,14-16H,5-6,8-9H2,(H,19,20). The molecular formula is C17H18N2O2. The van der Waals surface area contributed by atoms with Crippen LogP contribution in [-0.4, -0.2) is 12.5 Å². The average Bonchev–Trinajstić information content (AvgIpc) is 2.95. The summed E-state index contributed by atoms with van der Waals surface area (Å²) in [4.78, 5) is 12.5. The second-order valence-corrected chi connectivity index (χ2v) is 6.45. The quantitative estimate of drug-likeness (QED) is 0.923. The first-order valence-corrected chi connectivity index (χ1v) is 7.69. The van der Waals surface area contributed by atoms with Crippen molar-refractivity contribution in [1.29, 1.82) is 5.26 Å². The molecule has 4 atom stereocenters. The summed E-state index contributed by atoms with van der Waals surface area (Å²) in [6.45, 7) is -0.00822. The lowest BCUT2D eigenvalue weighted by atomic mass is 10.0. The molecule has 3 aliphatic carbocycles. The first-order chi connectivity index (χ1) is 10.3. The summed E-state index contributed by atoms with van der Waals surface area (Å²) in [5, 5.41) is 11.6. The number of benzene rings is 1. The van der Waals surface area contributed by atoms with Crippen LogP contribution in [0.5, 0.6) is 5.75 Å². The molecule has 0 aliphatic heterocycles. The Labute approximate surface area is 124 Å². The Morgan fingerprint density at radius 2 is 2.00 bits per heavy atom. The third kappa shape index (κ3) is 1.99. The van der Waals surface area contributed by atoms with Crippen molar-refractivity contribution in [3.8, 4) is 11.8 Å². The van der Waals surface area contributed by atoms with E-state index in [1.165, 1.54) is 19.3 Å². The normalized spacial score (nSPS) is 34.9. The van der Waals surface area contributed by atoms with Gasteiger partial charge in [-0.2, -0.15) is 5.26 Å². The molecule has 0 radical (unpaired) electrons. The smallest absolute Gasteiger partial charge is 0.228 e. The lowest BCUT2D eigenvalue weighted by Crippen LogP contribution is -2.19. The average molecular weight is 282 g/mol. The van der Waals surface area contributed by atoms with Crippen LogP contribution in [0.25, 0.3) is 0 Å². The molecule has 0 spiro atoms. The predicted octanol–water partition coefficient (Wildman–Crippen LogP) is 2.82. The number of hydrogen-bond donors (Lipinski definition) is 1. The van der Waals surface area contributed by atoms with Gasteiger partial charge in [-0.1, -0.05) is 12.1 Å². The van der Waals surface area contributed by atoms with Gasteiger partial charge in [0.15, 0.2) is 6.61 Å². The number of nitriles is 1. The van der Waals surface area contributed by atoms with Crippen molar-refractivity contribution >= 4 is 11.6 Å². The van der Waals surface area contributed by atoms with Gasteiger partial charge in [0, 0.05) is 5.92 Å². The van der Waals surface area contributed by atoms with Crippen LogP contribution in [0.15, 0.2) is 24.3 Å². The van der Waals surface area contributed by atoms with E-state index < -0.39 is 0 Å². The van der Waals surface area contributed by atoms with Gasteiger partial charge in [0.05, 0.1) is 5.69 Å². The highest BCUT2D eigenvalue weighted by Gasteiger charge is 2.67. The molecule has 4 unspecified atom stereocenters. The predicted molar refractivity (Wildman–Crippen MR) is 77.5 cm³/mol. The van der Waals surface area contributed by atoms with Gasteiger partial charge in [-0.25, -0.2) is 0 Å². The summed E-state index contributed by atoms with van der Waals surface area (Å²) in [5.74, 6) is 3.77. The summed E-state index contributed by atoms with van der Waals surface area (Å²) in [7, 11) is 0. The Hall–Kier alpha value is -2.02. The maximum absolute atomic E-state index is 12.5. The van der Waals surface area contributed by atoms with Gasteiger partial charge in [-0.3, -0.25) is 4.79 Å². The molecule has 4 rings (SSSR count). The number of amides is 1. The summed E-state index contributed by atoms with van der Waals surface area (Å²) < 4.78 is 5.36. The fourth-order valence-corrected chi connectivity index (χ4v) is 4.70. The monoisotopic (exact) mass is 282 g/mol. The minimum absolute atomic E-state index is 0.00822. The molecule has 0 saturated heterocycles. The minimum atomic E-state index is -0.00822. The second kappa shape index (κ2) is 4.77. The van der Waals surface area contributed by atoms with Crippen LogP contribution in [0.3, 0.4) is 0 Å². The lowest BCUT2D eigenvalue weighted by molar-refractivity contribution is -0.118. The zero-order valence-electron chi connectivity index (χ0n) is 11.8. The Kier molecular flexibility index (Phi) is 2.88. The van der Waals surface area contributed by atoms with Gasteiger partial charge in [-0.05, 0) is 55.1 Å². The highest BCUT2D eigenvalue weighted by Crippen LogP contribution is 2.69. The summed E-state index contributed by atoms with van der Waals surface area (Å²) in [5.41, 5.74) is 0.676. The van der Waals surface area contributed by atoms with Crippen molar-refractivity contribution in [1.82, 2.24) is 0 Å². The molecule has 3 fully saturated rings. The number of nitrogens with one attached hydrogen (secondary N) is 1. The molecule has 4 nitrogen and oxygen atoms in total. The first kappa shape index (κ1) is 12.7. The van der Waals surface area contributed by atoms with E-state index in [1.807, 2.05) is 24.3 Å². The second-order valence-electron chi connectivity index (χ2n) is 6.45. The number of anilines is 1. The fraction of sp³-hybridized carbons (Fsp3) is 0.529. The summed E-state index contributed by atoms with van der Waals surface area (Å²) in [6, 6.07) is 9.27. The molecule has 1 aromatic carbocycles. The topological polar surface area (TPSA) is 62.1 Å². The van der Waals surface area contributed by atoms with Crippen LogP contribution in [0.2, 0.25) is 0 Å². The number of hydrogen-bond acceptors (Lipinski definition) is 3. The SMILES string of the molecule is N#CCOc1ccccc1NC(=O)C1C2C3CCC(C3)C12. The zero-order valence-corrected chi connectivity index (χ0v) is 11.8. The molecule has 4 heteroatoms. The third-order valence-electron chi connectivity index (χ3n) is 5.48. The van der Waals surface area contributed by atoms with Crippen molar-refractivity contribution in [2.45, 2.75) is 19.3 Å². The van der Waals surface area contributed by atoms with Gasteiger partial charge >= 0.3 is 0 Å². The van der Waals surface area contributed by atoms with Crippen LogP contribution < -0.4 is 10.1 Å². The molecule has 108 valence electrons. The molecule has 1 aromatic rings. The molecule has 0 aromatic heterocycles. The third-order valence-corrected chi connectivity index (χ3v) is 5.48. The molecule has 0 heterocycles. The molecule has 21 heavy (non-hydrogen) atoms. The highest BCUT2D eigenvalue weighted by atomic mass is 16.5. The van der Waals surface area contributed by atoms with Crippen molar-refractivity contribution in [3.05, 3.63) is 24.3 Å². The van der Waals surface area contributed by atoms with Crippen molar-refractivity contribution in [3.63, 3.8) is 0 Å². The van der Waals surface area contributed by atoms with E-state index in [0.29, 0.717) is 23.3 Å². The van der Waals surface area contributed by atoms with Crippen LogP contribution in [-0.2, 0) is 4.79 Å². The van der Waals surface area contributed by atoms with Crippen LogP contribution in [0, 0.1) is 40.9 Å². The highest BCUT2D eigenvalue weighted by molar-refractivity contribution is 5.96. The van der Waals surface area contributed by atoms with E-state index in [-0.39, 0.29) is 18.4 Å². The van der Waals surface area contributed by atoms with Gasteiger partial charge in [-0.15, -0.1) is 0 Å². The number of para-hydroxylation sites is 2. The Bertz CT molecular complexity index is 605. The van der Waals surface area contributed by atoms with Crippen LogP contribution in [0.1, 0.15) is 19.3 Å². The van der Waals surface area contributed by atoms with E-state index >= 15 is 0 Å². The molecule has 3 aliphatic rings. The number of rotatable bonds is 4. The van der Waals surface area contributed by atoms with Gasteiger partial charge in [0.25, 0.3) is 0 Å². The summed E-state index contributed by atoms with van der Waals surface area (Å²) >= 11 is 0. The van der Waals surface area contributed by atoms with Gasteiger partial charge < -0.3 is 10.1 Å². The number of carbonyl (C=O) groups excluding carboxylic acids is 1. The Morgan fingerprint density at radius 3 is 2.71 bits per heavy atom. The number of fused-ring (bicyclic) bond motifs is 5. The van der Waals surface area contributed by atoms with E-state index in [9.17, 15) is 4.79 Å². The largest absolute Gasteiger partial charge is 0.477 e. The van der Waals surface area contributed by atoms with E-state index in [4.69, 9.17) is 10.00 Å². The zero-order chi connectivity index (χ0) is 14.4. The fourth-order valence-electron chi connectivity index (χ4n) is 4.70. The van der Waals surface area contributed by atoms with Crippen LogP contribution in [0.4, 0.5) is 5.69 Å². The molecular weight excluding hydrogens is 264 g/mol. The van der Waals surface area contributed by atoms with Crippen molar-refractivity contribution in [2.24, 2.45) is 29.6 Å². The molecule has 1 amide bonds. The van der Waals surface area contributed by atoms with E-state index in [0.717, 1.165) is 11.8 Å². The molecule has 1 N–H and O–H groups in total. The summed E-state index contributed by atoms with van der Waals surface area (Å²) in [6.07, 6.45) is 3.98. The van der Waals surface area contributed by atoms with E-state index in [2.05, 4.69) is 5.32 Å². The Balaban J connectivity index is 1.45. The van der Waals surface area contributed by atoms with E-state index in [1.54, 1.807) is 6.07 Å². The van der Waals surface area contributed by atoms with Gasteiger partial charge in [0.1, 0.15) is 11.8 Å². The van der Waals surface area contributed by atoms with Crippen molar-refractivity contribution < 1.29 is 9.53 Å². The minimum Gasteiger partial charge on any atom is -0.477 e. The molecule has 3 saturated carbocycles. The van der Waals surface area contributed by atoms with Gasteiger partial charge in [0.2, 0.25) is 5.91 Å². The number of ether oxygens (including phenoxy) is 1. The number of nitrogens with zero attached hydrogens (tertiary/aromatic N) is 1. The molecule has 2 bridgehead atoms. The Morgan fingerprint density at radius 1 is 1.29 bits per heavy atom. The maximum atomic E-state index is 12.5. The number of carbonyl (C=O) groups is 1. The first-order valence-electron chi connectivity index (χ1n) is 7.69. The van der Waals surface area contributed by atoms with Crippen LogP contribution >= 0.6 is 0 Å².